The van der Waals surface area contributed by atoms with E-state index in [-0.39, 0.29) is 5.97 Å². The smallest absolute Gasteiger partial charge is 0.345 e. The van der Waals surface area contributed by atoms with E-state index in [1.54, 1.807) is 19.9 Å². The predicted octanol–water partition coefficient (Wildman–Crippen LogP) is 3.56. The second kappa shape index (κ2) is 4.69. The van der Waals surface area contributed by atoms with E-state index >= 15 is 0 Å². The number of allylic oxidation sites excluding steroid dienone is 3. The van der Waals surface area contributed by atoms with Gasteiger partial charge in [0.25, 0.3) is 0 Å². The molecule has 0 N–H and O–H groups in total. The van der Waals surface area contributed by atoms with Crippen LogP contribution in [-0.2, 0) is 4.74 Å². The molecule has 0 aliphatic carbocycles. The molecule has 0 unspecified atom stereocenters. The predicted molar refractivity (Wildman–Crippen MR) is 70.4 cm³/mol. The van der Waals surface area contributed by atoms with Crippen molar-refractivity contribution in [2.24, 2.45) is 0 Å². The summed E-state index contributed by atoms with van der Waals surface area (Å²) in [5, 5.41) is 0. The molecular weight excluding hydrogens is 228 g/mol. The second-order valence-electron chi connectivity index (χ2n) is 4.50. The first kappa shape index (κ1) is 12.4. The van der Waals surface area contributed by atoms with Gasteiger partial charge in [0, 0.05) is 13.8 Å². The van der Waals surface area contributed by atoms with Crippen molar-refractivity contribution in [3.8, 4) is 5.75 Å². The van der Waals surface area contributed by atoms with Crippen LogP contribution in [-0.4, -0.2) is 11.8 Å². The van der Waals surface area contributed by atoms with Gasteiger partial charge in [0.15, 0.2) is 0 Å². The molecule has 0 saturated heterocycles. The van der Waals surface area contributed by atoms with Crippen LogP contribution in [0.25, 0.3) is 6.08 Å². The number of carbonyl (C=O) groups excluding carboxylic acids is 1. The van der Waals surface area contributed by atoms with E-state index in [1.165, 1.54) is 0 Å². The molecule has 0 amide bonds. The summed E-state index contributed by atoms with van der Waals surface area (Å²) in [6, 6.07) is 5.51. The average Bonchev–Trinajstić information content (AvgIpc) is 2.27. The van der Waals surface area contributed by atoms with Crippen LogP contribution in [0, 0.1) is 0 Å². The number of fused-ring (bicyclic) bond motifs is 1. The Morgan fingerprint density at radius 3 is 2.67 bits per heavy atom. The van der Waals surface area contributed by atoms with Crippen molar-refractivity contribution >= 4 is 12.0 Å². The van der Waals surface area contributed by atoms with Crippen LogP contribution < -0.4 is 4.74 Å². The van der Waals surface area contributed by atoms with E-state index in [1.807, 2.05) is 43.4 Å². The van der Waals surface area contributed by atoms with Crippen molar-refractivity contribution in [3.63, 3.8) is 0 Å². The monoisotopic (exact) mass is 244 g/mol. The van der Waals surface area contributed by atoms with Gasteiger partial charge in [0.1, 0.15) is 11.3 Å². The van der Waals surface area contributed by atoms with Gasteiger partial charge in [-0.2, -0.15) is 0 Å². The lowest BCUT2D eigenvalue weighted by Gasteiger charge is -2.32. The summed E-state index contributed by atoms with van der Waals surface area (Å²) < 4.78 is 10.9. The molecule has 0 atom stereocenters. The molecule has 0 radical (unpaired) electrons. The maximum absolute atomic E-state index is 12.0. The SMILES string of the molecule is C/C=C\C=C\c1cccc2c1C(=O)OC(C)(C)O2. The molecule has 1 aliphatic heterocycles. The van der Waals surface area contributed by atoms with Crippen molar-refractivity contribution < 1.29 is 14.3 Å². The molecule has 1 heterocycles. The van der Waals surface area contributed by atoms with Gasteiger partial charge in [0.2, 0.25) is 5.79 Å². The molecule has 1 aromatic rings. The molecule has 0 fully saturated rings. The number of carbonyl (C=O) groups is 1. The van der Waals surface area contributed by atoms with Gasteiger partial charge in [0.05, 0.1) is 0 Å². The maximum Gasteiger partial charge on any atom is 0.345 e. The molecule has 0 spiro atoms. The molecule has 94 valence electrons. The number of ether oxygens (including phenoxy) is 2. The first-order valence-corrected chi connectivity index (χ1v) is 5.88. The lowest BCUT2D eigenvalue weighted by atomic mass is 10.0. The Morgan fingerprint density at radius 2 is 1.94 bits per heavy atom. The molecule has 0 bridgehead atoms. The maximum atomic E-state index is 12.0. The van der Waals surface area contributed by atoms with Gasteiger partial charge in [-0.25, -0.2) is 4.79 Å². The van der Waals surface area contributed by atoms with Crippen LogP contribution in [0.2, 0.25) is 0 Å². The third-order valence-corrected chi connectivity index (χ3v) is 2.54. The summed E-state index contributed by atoms with van der Waals surface area (Å²) in [7, 11) is 0. The molecule has 3 heteroatoms. The van der Waals surface area contributed by atoms with Crippen molar-refractivity contribution in [1.29, 1.82) is 0 Å². The highest BCUT2D eigenvalue weighted by Crippen LogP contribution is 2.33. The van der Waals surface area contributed by atoms with Crippen LogP contribution in [0.1, 0.15) is 36.7 Å². The summed E-state index contributed by atoms with van der Waals surface area (Å²) in [6.07, 6.45) is 7.56. The van der Waals surface area contributed by atoms with Gasteiger partial charge in [-0.3, -0.25) is 0 Å². The van der Waals surface area contributed by atoms with Crippen LogP contribution in [0.5, 0.6) is 5.75 Å². The highest BCUT2D eigenvalue weighted by molar-refractivity contribution is 5.97. The minimum atomic E-state index is -0.907. The van der Waals surface area contributed by atoms with Gasteiger partial charge >= 0.3 is 5.97 Å². The topological polar surface area (TPSA) is 35.5 Å². The van der Waals surface area contributed by atoms with Crippen molar-refractivity contribution in [2.75, 3.05) is 0 Å². The molecule has 0 saturated carbocycles. The third-order valence-electron chi connectivity index (χ3n) is 2.54. The van der Waals surface area contributed by atoms with Crippen molar-refractivity contribution in [2.45, 2.75) is 26.6 Å². The Bertz CT molecular complexity index is 525. The van der Waals surface area contributed by atoms with Crippen LogP contribution in [0.4, 0.5) is 0 Å². The minimum absolute atomic E-state index is 0.345. The molecule has 2 rings (SSSR count). The van der Waals surface area contributed by atoms with E-state index in [4.69, 9.17) is 9.47 Å². The van der Waals surface area contributed by atoms with Gasteiger partial charge in [-0.05, 0) is 18.6 Å². The number of cyclic esters (lactones) is 1. The van der Waals surface area contributed by atoms with E-state index in [9.17, 15) is 4.79 Å². The first-order valence-electron chi connectivity index (χ1n) is 5.88. The molecule has 18 heavy (non-hydrogen) atoms. The highest BCUT2D eigenvalue weighted by Gasteiger charge is 2.34. The molecule has 3 nitrogen and oxygen atoms in total. The van der Waals surface area contributed by atoms with Gasteiger partial charge in [-0.15, -0.1) is 0 Å². The summed E-state index contributed by atoms with van der Waals surface area (Å²) in [4.78, 5) is 12.0. The highest BCUT2D eigenvalue weighted by atomic mass is 16.7. The number of rotatable bonds is 2. The fourth-order valence-electron chi connectivity index (χ4n) is 1.82. The zero-order chi connectivity index (χ0) is 13.2. The normalized spacial score (nSPS) is 17.6. The summed E-state index contributed by atoms with van der Waals surface area (Å²) in [6.45, 7) is 5.37. The number of hydrogen-bond acceptors (Lipinski definition) is 3. The van der Waals surface area contributed by atoms with Crippen molar-refractivity contribution in [3.05, 3.63) is 47.6 Å². The Hall–Kier alpha value is -2.03. The molecular formula is C15H16O3. The zero-order valence-corrected chi connectivity index (χ0v) is 10.8. The fourth-order valence-corrected chi connectivity index (χ4v) is 1.82. The minimum Gasteiger partial charge on any atom is -0.452 e. The first-order chi connectivity index (χ1) is 8.53. The van der Waals surface area contributed by atoms with Crippen LogP contribution in [0.15, 0.2) is 36.4 Å². The Morgan fingerprint density at radius 1 is 1.17 bits per heavy atom. The Labute approximate surface area is 107 Å². The molecule has 0 aromatic heterocycles. The Balaban J connectivity index is 2.45. The lowest BCUT2D eigenvalue weighted by Crippen LogP contribution is -2.39. The number of hydrogen-bond donors (Lipinski definition) is 0. The quantitative estimate of drug-likeness (QED) is 0.589. The lowest BCUT2D eigenvalue weighted by molar-refractivity contribution is -0.127. The van der Waals surface area contributed by atoms with Crippen molar-refractivity contribution in [1.82, 2.24) is 0 Å². The third kappa shape index (κ3) is 2.45. The second-order valence-corrected chi connectivity index (χ2v) is 4.50. The number of benzene rings is 1. The largest absolute Gasteiger partial charge is 0.452 e. The average molecular weight is 244 g/mol. The standard InChI is InChI=1S/C15H16O3/c1-4-5-6-8-11-9-7-10-12-13(11)14(16)18-15(2,3)17-12/h4-10H,1-3H3/b5-4-,8-6+. The van der Waals surface area contributed by atoms with E-state index in [0.717, 1.165) is 5.56 Å². The fraction of sp³-hybridized carbons (Fsp3) is 0.267. The summed E-state index contributed by atoms with van der Waals surface area (Å²) >= 11 is 0. The van der Waals surface area contributed by atoms with E-state index in [2.05, 4.69) is 0 Å². The summed E-state index contributed by atoms with van der Waals surface area (Å²) in [5.41, 5.74) is 1.28. The van der Waals surface area contributed by atoms with Crippen LogP contribution >= 0.6 is 0 Å². The number of esters is 1. The zero-order valence-electron chi connectivity index (χ0n) is 10.8. The van der Waals surface area contributed by atoms with E-state index < -0.39 is 5.79 Å². The molecule has 1 aliphatic rings. The molecule has 1 aromatic carbocycles. The Kier molecular flexibility index (Phi) is 3.24. The van der Waals surface area contributed by atoms with Gasteiger partial charge in [-0.1, -0.05) is 36.4 Å². The summed E-state index contributed by atoms with van der Waals surface area (Å²) in [5.74, 6) is -0.684. The van der Waals surface area contributed by atoms with Gasteiger partial charge < -0.3 is 9.47 Å². The van der Waals surface area contributed by atoms with E-state index in [0.29, 0.717) is 11.3 Å². The van der Waals surface area contributed by atoms with Crippen LogP contribution in [0.3, 0.4) is 0 Å².